The molecule has 1 heterocycles. The molecule has 98 valence electrons. The Balaban J connectivity index is 2.12. The molecule has 4 nitrogen and oxygen atoms in total. The van der Waals surface area contributed by atoms with E-state index >= 15 is 0 Å². The second kappa shape index (κ2) is 6.01. The van der Waals surface area contributed by atoms with Crippen molar-refractivity contribution in [1.29, 1.82) is 0 Å². The maximum absolute atomic E-state index is 13.5. The molecule has 0 bridgehead atoms. The first-order chi connectivity index (χ1) is 9.08. The predicted molar refractivity (Wildman–Crippen MR) is 69.8 cm³/mol. The molecule has 0 spiro atoms. The van der Waals surface area contributed by atoms with E-state index in [4.69, 9.17) is 26.4 Å². The minimum Gasteiger partial charge on any atom is -0.487 e. The van der Waals surface area contributed by atoms with Gasteiger partial charge in [0, 0.05) is 17.2 Å². The summed E-state index contributed by atoms with van der Waals surface area (Å²) < 4.78 is 18.8. The highest BCUT2D eigenvalue weighted by molar-refractivity contribution is 6.58. The Bertz CT molecular complexity index is 562. The van der Waals surface area contributed by atoms with E-state index in [0.717, 1.165) is 0 Å². The first kappa shape index (κ1) is 13.8. The van der Waals surface area contributed by atoms with E-state index in [-0.39, 0.29) is 22.7 Å². The summed E-state index contributed by atoms with van der Waals surface area (Å²) in [7, 11) is -1.63. The Morgan fingerprint density at radius 2 is 2.11 bits per heavy atom. The van der Waals surface area contributed by atoms with E-state index in [0.29, 0.717) is 5.75 Å². The van der Waals surface area contributed by atoms with Crippen LogP contribution in [-0.4, -0.2) is 22.2 Å². The second-order valence-corrected chi connectivity index (χ2v) is 4.22. The number of nitrogens with zero attached hydrogens (tertiary/aromatic N) is 1. The minimum absolute atomic E-state index is 0.0713. The van der Waals surface area contributed by atoms with Crippen LogP contribution in [0.25, 0.3) is 0 Å². The summed E-state index contributed by atoms with van der Waals surface area (Å²) in [6.45, 7) is -0.0713. The molecule has 0 radical (unpaired) electrons. The first-order valence-electron chi connectivity index (χ1n) is 5.44. The fourth-order valence-electron chi connectivity index (χ4n) is 1.48. The number of halogens is 2. The molecule has 2 rings (SSSR count). The van der Waals surface area contributed by atoms with Crippen LogP contribution in [0.5, 0.6) is 5.75 Å². The van der Waals surface area contributed by atoms with Crippen LogP contribution < -0.4 is 10.2 Å². The van der Waals surface area contributed by atoms with Crippen LogP contribution in [0.4, 0.5) is 4.39 Å². The molecule has 0 saturated heterocycles. The van der Waals surface area contributed by atoms with Crippen molar-refractivity contribution in [3.63, 3.8) is 0 Å². The average molecular weight is 281 g/mol. The lowest BCUT2D eigenvalue weighted by atomic mass is 9.82. The summed E-state index contributed by atoms with van der Waals surface area (Å²) >= 11 is 5.86. The molecule has 0 aliphatic rings. The summed E-state index contributed by atoms with van der Waals surface area (Å²) in [6.07, 6.45) is 2.69. The Morgan fingerprint density at radius 1 is 1.32 bits per heavy atom. The normalized spacial score (nSPS) is 10.3. The van der Waals surface area contributed by atoms with Gasteiger partial charge in [0.1, 0.15) is 18.2 Å². The predicted octanol–water partition coefficient (Wildman–Crippen LogP) is 1.13. The highest BCUT2D eigenvalue weighted by Crippen LogP contribution is 2.20. The van der Waals surface area contributed by atoms with E-state index < -0.39 is 12.9 Å². The third kappa shape index (κ3) is 3.44. The standard InChI is InChI=1S/C12H10BClFNO3/c14-11-2-1-3-12(15)10(11)7-19-9-4-8(13(17)18)5-16-6-9/h1-6,17-18H,7H2. The molecule has 0 saturated carbocycles. The maximum atomic E-state index is 13.5. The van der Waals surface area contributed by atoms with Gasteiger partial charge in [-0.1, -0.05) is 17.7 Å². The van der Waals surface area contributed by atoms with Crippen molar-refractivity contribution in [2.24, 2.45) is 0 Å². The average Bonchev–Trinajstić information content (AvgIpc) is 2.38. The van der Waals surface area contributed by atoms with E-state index in [9.17, 15) is 4.39 Å². The highest BCUT2D eigenvalue weighted by atomic mass is 35.5. The largest absolute Gasteiger partial charge is 0.490 e. The van der Waals surface area contributed by atoms with Crippen molar-refractivity contribution in [2.45, 2.75) is 6.61 Å². The van der Waals surface area contributed by atoms with Crippen molar-refractivity contribution >= 4 is 24.2 Å². The van der Waals surface area contributed by atoms with Crippen LogP contribution in [0, 0.1) is 5.82 Å². The molecular formula is C12H10BClFNO3. The highest BCUT2D eigenvalue weighted by Gasteiger charge is 2.13. The van der Waals surface area contributed by atoms with Gasteiger partial charge in [0.2, 0.25) is 0 Å². The number of aromatic nitrogens is 1. The third-order valence-corrected chi connectivity index (χ3v) is 2.83. The van der Waals surface area contributed by atoms with Gasteiger partial charge in [-0.3, -0.25) is 4.98 Å². The molecule has 1 aromatic heterocycles. The molecule has 0 aliphatic heterocycles. The first-order valence-corrected chi connectivity index (χ1v) is 5.82. The molecule has 0 unspecified atom stereocenters. The van der Waals surface area contributed by atoms with Gasteiger partial charge in [0.05, 0.1) is 11.2 Å². The van der Waals surface area contributed by atoms with Gasteiger partial charge >= 0.3 is 7.12 Å². The van der Waals surface area contributed by atoms with E-state index in [1.165, 1.54) is 30.6 Å². The Kier molecular flexibility index (Phi) is 4.37. The molecule has 7 heteroatoms. The fourth-order valence-corrected chi connectivity index (χ4v) is 1.70. The third-order valence-electron chi connectivity index (χ3n) is 2.48. The zero-order valence-electron chi connectivity index (χ0n) is 9.75. The Hall–Kier alpha value is -1.63. The van der Waals surface area contributed by atoms with Crippen LogP contribution in [-0.2, 0) is 6.61 Å². The number of hydrogen-bond acceptors (Lipinski definition) is 4. The quantitative estimate of drug-likeness (QED) is 0.825. The molecule has 0 amide bonds. The SMILES string of the molecule is OB(O)c1cncc(OCc2c(F)cccc2Cl)c1. The summed E-state index contributed by atoms with van der Waals surface area (Å²) in [5, 5.41) is 18.3. The topological polar surface area (TPSA) is 62.6 Å². The number of rotatable bonds is 4. The lowest BCUT2D eigenvalue weighted by molar-refractivity contribution is 0.299. The summed E-state index contributed by atoms with van der Waals surface area (Å²) in [5.74, 6) is -0.163. The van der Waals surface area contributed by atoms with Crippen LogP contribution in [0.3, 0.4) is 0 Å². The van der Waals surface area contributed by atoms with Crippen molar-refractivity contribution in [1.82, 2.24) is 4.98 Å². The molecule has 2 N–H and O–H groups in total. The monoisotopic (exact) mass is 281 g/mol. The smallest absolute Gasteiger partial charge is 0.487 e. The number of benzene rings is 1. The van der Waals surface area contributed by atoms with E-state index in [1.807, 2.05) is 0 Å². The molecule has 0 aliphatic carbocycles. The van der Waals surface area contributed by atoms with Crippen LogP contribution in [0.1, 0.15) is 5.56 Å². The molecule has 2 aromatic rings. The van der Waals surface area contributed by atoms with Crippen LogP contribution in [0.2, 0.25) is 5.02 Å². The fraction of sp³-hybridized carbons (Fsp3) is 0.0833. The Labute approximate surface area is 114 Å². The van der Waals surface area contributed by atoms with Gasteiger partial charge in [-0.05, 0) is 18.2 Å². The van der Waals surface area contributed by atoms with Crippen molar-refractivity contribution < 1.29 is 19.2 Å². The van der Waals surface area contributed by atoms with Gasteiger partial charge in [-0.25, -0.2) is 4.39 Å². The summed E-state index contributed by atoms with van der Waals surface area (Å²) in [4.78, 5) is 3.79. The lowest BCUT2D eigenvalue weighted by Gasteiger charge is -2.09. The van der Waals surface area contributed by atoms with E-state index in [1.54, 1.807) is 6.07 Å². The van der Waals surface area contributed by atoms with Gasteiger partial charge < -0.3 is 14.8 Å². The van der Waals surface area contributed by atoms with Gasteiger partial charge in [0.25, 0.3) is 0 Å². The molecule has 0 atom stereocenters. The molecular weight excluding hydrogens is 271 g/mol. The van der Waals surface area contributed by atoms with Gasteiger partial charge in [-0.15, -0.1) is 0 Å². The minimum atomic E-state index is -1.63. The maximum Gasteiger partial charge on any atom is 0.490 e. The van der Waals surface area contributed by atoms with Crippen molar-refractivity contribution in [2.75, 3.05) is 0 Å². The zero-order valence-corrected chi connectivity index (χ0v) is 10.5. The summed E-state index contributed by atoms with van der Waals surface area (Å²) in [5.41, 5.74) is 0.427. The van der Waals surface area contributed by atoms with Crippen molar-refractivity contribution in [3.05, 3.63) is 53.1 Å². The molecule has 1 aromatic carbocycles. The lowest BCUT2D eigenvalue weighted by Crippen LogP contribution is -2.30. The Morgan fingerprint density at radius 3 is 2.79 bits per heavy atom. The second-order valence-electron chi connectivity index (χ2n) is 3.82. The molecule has 0 fully saturated rings. The van der Waals surface area contributed by atoms with Gasteiger partial charge in [-0.2, -0.15) is 0 Å². The number of ether oxygens (including phenoxy) is 1. The number of hydrogen-bond donors (Lipinski definition) is 2. The summed E-state index contributed by atoms with van der Waals surface area (Å²) in [6, 6.07) is 5.77. The van der Waals surface area contributed by atoms with E-state index in [2.05, 4.69) is 4.98 Å². The van der Waals surface area contributed by atoms with Crippen LogP contribution in [0.15, 0.2) is 36.7 Å². The van der Waals surface area contributed by atoms with Crippen LogP contribution >= 0.6 is 11.6 Å². The number of pyridine rings is 1. The molecule has 19 heavy (non-hydrogen) atoms. The van der Waals surface area contributed by atoms with Gasteiger partial charge in [0.15, 0.2) is 0 Å². The zero-order chi connectivity index (χ0) is 13.8. The van der Waals surface area contributed by atoms with Crippen molar-refractivity contribution in [3.8, 4) is 5.75 Å².